The molecule has 0 aromatic carbocycles. The maximum atomic E-state index is 4.49. The first-order valence-electron chi connectivity index (χ1n) is 6.47. The van der Waals surface area contributed by atoms with Crippen LogP contribution in [0.4, 0.5) is 0 Å². The van der Waals surface area contributed by atoms with Gasteiger partial charge >= 0.3 is 0 Å². The fourth-order valence-corrected chi connectivity index (χ4v) is 2.61. The van der Waals surface area contributed by atoms with Crippen molar-refractivity contribution in [2.24, 2.45) is 13.0 Å². The molecule has 0 aliphatic rings. The molecule has 1 rings (SSSR count). The van der Waals surface area contributed by atoms with Crippen molar-refractivity contribution in [1.82, 2.24) is 15.1 Å². The van der Waals surface area contributed by atoms with Gasteiger partial charge in [-0.3, -0.25) is 4.68 Å². The molecule has 1 heterocycles. The van der Waals surface area contributed by atoms with Gasteiger partial charge in [0.1, 0.15) is 0 Å². The number of aryl methyl sites for hydroxylation is 2. The third kappa shape index (κ3) is 4.43. The second-order valence-electron chi connectivity index (χ2n) is 4.90. The van der Waals surface area contributed by atoms with Crippen LogP contribution in [0.2, 0.25) is 0 Å². The molecule has 1 aromatic rings. The normalized spacial score (nSPS) is 11.4. The molecule has 0 atom stereocenters. The highest BCUT2D eigenvalue weighted by Crippen LogP contribution is 2.21. The van der Waals surface area contributed by atoms with Gasteiger partial charge in [-0.25, -0.2) is 0 Å². The lowest BCUT2D eigenvalue weighted by atomic mass is 10.1. The molecule has 0 unspecified atom stereocenters. The average molecular weight is 302 g/mol. The van der Waals surface area contributed by atoms with E-state index < -0.39 is 0 Å². The Morgan fingerprint density at radius 3 is 2.65 bits per heavy atom. The van der Waals surface area contributed by atoms with Crippen LogP contribution in [-0.2, 0) is 20.0 Å². The maximum Gasteiger partial charge on any atom is 0.0767 e. The van der Waals surface area contributed by atoms with Gasteiger partial charge < -0.3 is 5.32 Å². The predicted octanol–water partition coefficient (Wildman–Crippen LogP) is 3.27. The van der Waals surface area contributed by atoms with E-state index in [1.54, 1.807) is 0 Å². The average Bonchev–Trinajstić information content (AvgIpc) is 2.54. The minimum Gasteiger partial charge on any atom is -0.311 e. The minimum atomic E-state index is 0.798. The molecule has 0 amide bonds. The summed E-state index contributed by atoms with van der Waals surface area (Å²) in [7, 11) is 2.01. The summed E-state index contributed by atoms with van der Waals surface area (Å²) in [5, 5.41) is 7.97. The van der Waals surface area contributed by atoms with Gasteiger partial charge in [-0.15, -0.1) is 0 Å². The second kappa shape index (κ2) is 7.17. The molecule has 3 nitrogen and oxygen atoms in total. The molecule has 4 heteroatoms. The molecule has 0 radical (unpaired) electrons. The zero-order chi connectivity index (χ0) is 12.8. The molecule has 1 aromatic heterocycles. The van der Waals surface area contributed by atoms with E-state index in [2.05, 4.69) is 47.1 Å². The quantitative estimate of drug-likeness (QED) is 0.783. The van der Waals surface area contributed by atoms with Gasteiger partial charge in [0.2, 0.25) is 0 Å². The van der Waals surface area contributed by atoms with E-state index in [-0.39, 0.29) is 0 Å². The maximum absolute atomic E-state index is 4.49. The lowest BCUT2D eigenvalue weighted by Gasteiger charge is -2.07. The van der Waals surface area contributed by atoms with Crippen molar-refractivity contribution in [3.05, 3.63) is 15.9 Å². The molecule has 17 heavy (non-hydrogen) atoms. The summed E-state index contributed by atoms with van der Waals surface area (Å²) in [4.78, 5) is 0. The van der Waals surface area contributed by atoms with Gasteiger partial charge in [-0.1, -0.05) is 20.8 Å². The summed E-state index contributed by atoms with van der Waals surface area (Å²) in [5.41, 5.74) is 2.39. The molecule has 98 valence electrons. The van der Waals surface area contributed by atoms with Crippen molar-refractivity contribution in [2.75, 3.05) is 6.54 Å². The molecular weight excluding hydrogens is 278 g/mol. The summed E-state index contributed by atoms with van der Waals surface area (Å²) in [5.74, 6) is 0.798. The van der Waals surface area contributed by atoms with Crippen molar-refractivity contribution in [3.8, 4) is 0 Å². The molecular formula is C13H24BrN3. The van der Waals surface area contributed by atoms with Gasteiger partial charge in [-0.05, 0) is 47.7 Å². The molecule has 0 saturated carbocycles. The van der Waals surface area contributed by atoms with E-state index in [9.17, 15) is 0 Å². The monoisotopic (exact) mass is 301 g/mol. The van der Waals surface area contributed by atoms with Gasteiger partial charge in [0.25, 0.3) is 0 Å². The number of nitrogens with one attached hydrogen (secondary N) is 1. The molecule has 0 aliphatic carbocycles. The zero-order valence-corrected chi connectivity index (χ0v) is 13.0. The van der Waals surface area contributed by atoms with Crippen LogP contribution in [-0.4, -0.2) is 16.3 Å². The highest BCUT2D eigenvalue weighted by atomic mass is 79.9. The summed E-state index contributed by atoms with van der Waals surface area (Å²) < 4.78 is 3.14. The first-order valence-corrected chi connectivity index (χ1v) is 7.26. The van der Waals surface area contributed by atoms with E-state index in [0.717, 1.165) is 31.1 Å². The number of hydrogen-bond donors (Lipinski definition) is 1. The Hall–Kier alpha value is -0.350. The smallest absolute Gasteiger partial charge is 0.0767 e. The molecule has 0 fully saturated rings. The SMILES string of the molecule is CCc1nn(C)c(CNCCCC(C)C)c1Br. The van der Waals surface area contributed by atoms with Crippen LogP contribution in [0, 0.1) is 5.92 Å². The highest BCUT2D eigenvalue weighted by Gasteiger charge is 2.11. The minimum absolute atomic E-state index is 0.798. The van der Waals surface area contributed by atoms with Gasteiger partial charge in [0, 0.05) is 13.6 Å². The number of halogens is 1. The number of rotatable bonds is 7. The van der Waals surface area contributed by atoms with Crippen molar-refractivity contribution < 1.29 is 0 Å². The highest BCUT2D eigenvalue weighted by molar-refractivity contribution is 9.10. The van der Waals surface area contributed by atoms with Crippen molar-refractivity contribution in [2.45, 2.75) is 46.6 Å². The van der Waals surface area contributed by atoms with Gasteiger partial charge in [-0.2, -0.15) is 5.10 Å². The fourth-order valence-electron chi connectivity index (χ4n) is 1.85. The van der Waals surface area contributed by atoms with Gasteiger partial charge in [0.15, 0.2) is 0 Å². The zero-order valence-electron chi connectivity index (χ0n) is 11.4. The Morgan fingerprint density at radius 1 is 1.41 bits per heavy atom. The van der Waals surface area contributed by atoms with E-state index >= 15 is 0 Å². The molecule has 1 N–H and O–H groups in total. The molecule has 0 saturated heterocycles. The lowest BCUT2D eigenvalue weighted by Crippen LogP contribution is -2.17. The summed E-state index contributed by atoms with van der Waals surface area (Å²) >= 11 is 3.63. The standard InChI is InChI=1S/C13H24BrN3/c1-5-11-13(14)12(17(4)16-11)9-15-8-6-7-10(2)3/h10,15H,5-9H2,1-4H3. The van der Waals surface area contributed by atoms with E-state index in [4.69, 9.17) is 0 Å². The summed E-state index contributed by atoms with van der Waals surface area (Å²) in [6.07, 6.45) is 3.51. The van der Waals surface area contributed by atoms with Crippen LogP contribution in [0.5, 0.6) is 0 Å². The van der Waals surface area contributed by atoms with Crippen LogP contribution in [0.3, 0.4) is 0 Å². The van der Waals surface area contributed by atoms with Crippen LogP contribution >= 0.6 is 15.9 Å². The number of aromatic nitrogens is 2. The summed E-state index contributed by atoms with van der Waals surface area (Å²) in [6.45, 7) is 8.64. The fraction of sp³-hybridized carbons (Fsp3) is 0.769. The van der Waals surface area contributed by atoms with E-state index in [1.165, 1.54) is 23.0 Å². The van der Waals surface area contributed by atoms with Crippen LogP contribution in [0.25, 0.3) is 0 Å². The Balaban J connectivity index is 2.39. The Labute approximate surface area is 113 Å². The molecule has 0 aliphatic heterocycles. The lowest BCUT2D eigenvalue weighted by molar-refractivity contribution is 0.520. The number of nitrogens with zero attached hydrogens (tertiary/aromatic N) is 2. The Kier molecular flexibility index (Phi) is 6.20. The largest absolute Gasteiger partial charge is 0.311 e. The predicted molar refractivity (Wildman–Crippen MR) is 76.1 cm³/mol. The Bertz CT molecular complexity index is 345. The van der Waals surface area contributed by atoms with Crippen LogP contribution in [0.1, 0.15) is 45.0 Å². The first kappa shape index (κ1) is 14.7. The van der Waals surface area contributed by atoms with Gasteiger partial charge in [0.05, 0.1) is 15.9 Å². The number of hydrogen-bond acceptors (Lipinski definition) is 2. The second-order valence-corrected chi connectivity index (χ2v) is 5.69. The Morgan fingerprint density at radius 2 is 2.12 bits per heavy atom. The van der Waals surface area contributed by atoms with E-state index in [0.29, 0.717) is 0 Å². The van der Waals surface area contributed by atoms with Crippen molar-refractivity contribution in [1.29, 1.82) is 0 Å². The van der Waals surface area contributed by atoms with Crippen molar-refractivity contribution in [3.63, 3.8) is 0 Å². The third-order valence-electron chi connectivity index (χ3n) is 2.93. The van der Waals surface area contributed by atoms with Crippen LogP contribution < -0.4 is 5.32 Å². The van der Waals surface area contributed by atoms with Crippen molar-refractivity contribution >= 4 is 15.9 Å². The topological polar surface area (TPSA) is 29.9 Å². The molecule has 0 bridgehead atoms. The summed E-state index contributed by atoms with van der Waals surface area (Å²) in [6, 6.07) is 0. The third-order valence-corrected chi connectivity index (χ3v) is 3.85. The molecule has 0 spiro atoms. The van der Waals surface area contributed by atoms with E-state index in [1.807, 2.05) is 11.7 Å². The van der Waals surface area contributed by atoms with Crippen LogP contribution in [0.15, 0.2) is 4.47 Å². The first-order chi connectivity index (χ1) is 8.06.